The fraction of sp³-hybridized carbons (Fsp3) is 0.571. The Labute approximate surface area is 262 Å². The Kier molecular flexibility index (Phi) is 11.1. The molecule has 0 aromatic carbocycles. The molecular formula is C28H38BBrN5O6S. The van der Waals surface area contributed by atoms with Crippen molar-refractivity contribution in [2.45, 2.75) is 65.4 Å². The van der Waals surface area contributed by atoms with E-state index in [2.05, 4.69) is 40.7 Å². The maximum atomic E-state index is 12.5. The van der Waals surface area contributed by atoms with Gasteiger partial charge in [-0.25, -0.2) is 0 Å². The Bertz CT molecular complexity index is 1500. The molecule has 227 valence electrons. The second kappa shape index (κ2) is 14.5. The zero-order chi connectivity index (χ0) is 32.0. The molecule has 0 aliphatic carbocycles. The molecule has 0 N–H and O–H groups in total. The van der Waals surface area contributed by atoms with Crippen LogP contribution in [-0.2, 0) is 12.8 Å². The van der Waals surface area contributed by atoms with E-state index in [-0.39, 0.29) is 40.2 Å². The van der Waals surface area contributed by atoms with Crippen LogP contribution in [0.4, 0.5) is 0 Å². The van der Waals surface area contributed by atoms with Crippen LogP contribution in [-0.4, -0.2) is 78.8 Å². The molecule has 6 heterocycles. The van der Waals surface area contributed by atoms with E-state index in [1.54, 1.807) is 22.8 Å². The average molecular weight is 664 g/mol. The molecule has 1 radical (unpaired) electrons. The number of carbonyl (C=O) groups excluding carboxylic acids is 2. The number of likely N-dealkylation sites (N-methyl/N-ethyl adjacent to an activating group) is 2. The molecule has 0 bridgehead atoms. The number of hydrogen-bond acceptors (Lipinski definition) is 8. The van der Waals surface area contributed by atoms with Crippen molar-refractivity contribution in [3.8, 4) is 11.5 Å². The monoisotopic (exact) mass is 663 g/mol. The number of methoxy groups -OCH3 is 2. The van der Waals surface area contributed by atoms with Crippen LogP contribution in [0.15, 0.2) is 24.4 Å². The summed E-state index contributed by atoms with van der Waals surface area (Å²) in [6.45, 7) is 8.97. The van der Waals surface area contributed by atoms with Crippen molar-refractivity contribution < 1.29 is 20.4 Å². The molecule has 6 rings (SSSR count). The van der Waals surface area contributed by atoms with Gasteiger partial charge in [0.15, 0.2) is 22.9 Å². The van der Waals surface area contributed by atoms with Gasteiger partial charge in [0, 0.05) is 45.0 Å². The Hall–Kier alpha value is -2.87. The van der Waals surface area contributed by atoms with Gasteiger partial charge >= 0.3 is 24.8 Å². The predicted molar refractivity (Wildman–Crippen MR) is 169 cm³/mol. The van der Waals surface area contributed by atoms with Gasteiger partial charge in [0.2, 0.25) is 10.9 Å². The van der Waals surface area contributed by atoms with Gasteiger partial charge in [-0.15, -0.1) is 0 Å². The molecule has 4 aliphatic heterocycles. The minimum absolute atomic E-state index is 0.0912. The van der Waals surface area contributed by atoms with Gasteiger partial charge in [0.25, 0.3) is 11.8 Å². The van der Waals surface area contributed by atoms with E-state index < -0.39 is 0 Å². The summed E-state index contributed by atoms with van der Waals surface area (Å²) in [5.41, 5.74) is 2.33. The zero-order valence-electron chi connectivity index (χ0n) is 25.7. The van der Waals surface area contributed by atoms with Crippen LogP contribution in [0, 0.1) is 0 Å². The van der Waals surface area contributed by atoms with Gasteiger partial charge in [-0.1, -0.05) is 13.8 Å². The summed E-state index contributed by atoms with van der Waals surface area (Å²) < 4.78 is 23.8. The van der Waals surface area contributed by atoms with Crippen molar-refractivity contribution in [1.82, 2.24) is 18.9 Å². The van der Waals surface area contributed by atoms with Crippen LogP contribution < -0.4 is 20.3 Å². The second-order valence-corrected chi connectivity index (χ2v) is 10.8. The number of thiol groups is 1. The number of carbonyl (C=O) groups is 2. The van der Waals surface area contributed by atoms with E-state index in [0.29, 0.717) is 48.4 Å². The minimum atomic E-state index is -0.226. The van der Waals surface area contributed by atoms with Crippen LogP contribution in [0.5, 0.6) is 11.5 Å². The third kappa shape index (κ3) is 5.84. The normalized spacial score (nSPS) is 19.1. The van der Waals surface area contributed by atoms with Crippen molar-refractivity contribution in [3.63, 3.8) is 0 Å². The first-order valence-corrected chi connectivity index (χ1v) is 15.0. The molecule has 2 atom stereocenters. The van der Waals surface area contributed by atoms with Crippen molar-refractivity contribution in [3.05, 3.63) is 53.8 Å². The van der Waals surface area contributed by atoms with Gasteiger partial charge in [0.1, 0.15) is 0 Å². The topological polar surface area (TPSA) is 115 Å². The molecule has 0 saturated heterocycles. The van der Waals surface area contributed by atoms with E-state index in [1.165, 1.54) is 14.2 Å². The Morgan fingerprint density at radius 2 is 1.45 bits per heavy atom. The number of nitrogens with zero attached hydrogens (tertiary/aromatic N) is 5. The summed E-state index contributed by atoms with van der Waals surface area (Å²) in [6.07, 6.45) is 3.63. The molecule has 2 unspecified atom stereocenters. The summed E-state index contributed by atoms with van der Waals surface area (Å²) in [5.74, 6) is 0.147. The summed E-state index contributed by atoms with van der Waals surface area (Å²) in [5, 5.41) is 0. The van der Waals surface area contributed by atoms with Gasteiger partial charge in [-0.3, -0.25) is 19.2 Å². The summed E-state index contributed by atoms with van der Waals surface area (Å²) in [4.78, 5) is 52.7. The quantitative estimate of drug-likeness (QED) is 0.395. The van der Waals surface area contributed by atoms with Crippen LogP contribution in [0.25, 0.3) is 0 Å². The van der Waals surface area contributed by atoms with E-state index in [1.807, 2.05) is 23.0 Å². The molecule has 42 heavy (non-hydrogen) atoms. The SMILES string of the molecule is CCN1CC2CCc3c(Br)c(=O)c(OC)c(n32)C1=O.CCN1CC2CCc3cc(=O)c(OC)c(n32)C1=O.[2H]CC.[B]=NS. The van der Waals surface area contributed by atoms with Crippen LogP contribution in [0.2, 0.25) is 0 Å². The molecule has 11 nitrogen and oxygen atoms in total. The standard InChI is InChI=1S/C13H15BrN2O3.C13H16N2O3.C2H6.BHNS/c1-3-15-6-7-4-5-8-9(14)11(17)12(19-2)10(13(15)18)16(7)8;1-3-14-7-9-5-4-8-6-10(16)12(18-2)11(13(14)17)15(8)9;1-2;1-2-3/h7H,3-6H2,1-2H3;6,9H,3-5,7H2,1-2H3;1-2H3;3H/i;;1D;. The first kappa shape index (κ1) is 32.1. The molecule has 2 amide bonds. The summed E-state index contributed by atoms with van der Waals surface area (Å²) in [6, 6.07) is 2.16. The summed E-state index contributed by atoms with van der Waals surface area (Å²) >= 11 is 6.54. The van der Waals surface area contributed by atoms with Crippen LogP contribution in [0.1, 0.15) is 86.3 Å². The first-order valence-electron chi connectivity index (χ1n) is 14.6. The number of hydrogen-bond donors (Lipinski definition) is 1. The molecule has 0 fully saturated rings. The fourth-order valence-electron chi connectivity index (χ4n) is 6.12. The van der Waals surface area contributed by atoms with Gasteiger partial charge < -0.3 is 28.4 Å². The predicted octanol–water partition coefficient (Wildman–Crippen LogP) is 3.61. The number of rotatable bonds is 4. The molecule has 4 aliphatic rings. The van der Waals surface area contributed by atoms with E-state index in [9.17, 15) is 19.2 Å². The molecule has 2 aromatic rings. The first-order chi connectivity index (χ1) is 20.6. The number of amides is 2. The second-order valence-electron chi connectivity index (χ2n) is 9.78. The van der Waals surface area contributed by atoms with E-state index in [4.69, 9.17) is 10.8 Å². The molecular weight excluding hydrogens is 625 g/mol. The van der Waals surface area contributed by atoms with Gasteiger partial charge in [0.05, 0.1) is 30.8 Å². The average Bonchev–Trinajstić information content (AvgIpc) is 3.60. The molecule has 2 aromatic heterocycles. The van der Waals surface area contributed by atoms with Crippen molar-refractivity contribution in [2.24, 2.45) is 4.30 Å². The molecule has 14 heteroatoms. The van der Waals surface area contributed by atoms with Crippen molar-refractivity contribution in [2.75, 3.05) is 40.4 Å². The van der Waals surface area contributed by atoms with Gasteiger partial charge in [-0.2, -0.15) is 0 Å². The van der Waals surface area contributed by atoms with Crippen LogP contribution >= 0.6 is 28.7 Å². The number of ether oxygens (including phenoxy) is 2. The maximum absolute atomic E-state index is 12.5. The Morgan fingerprint density at radius 1 is 0.976 bits per heavy atom. The van der Waals surface area contributed by atoms with Gasteiger partial charge in [-0.05, 0) is 55.5 Å². The fourth-order valence-corrected chi connectivity index (χ4v) is 6.69. The summed E-state index contributed by atoms with van der Waals surface area (Å²) in [7, 11) is 7.22. The van der Waals surface area contributed by atoms with E-state index in [0.717, 1.165) is 43.6 Å². The number of aryl methyl sites for hydroxylation is 1. The number of pyridine rings is 2. The number of halogens is 1. The third-order valence-corrected chi connectivity index (χ3v) is 8.70. The Morgan fingerprint density at radius 3 is 1.95 bits per heavy atom. The number of aromatic nitrogens is 2. The van der Waals surface area contributed by atoms with Crippen molar-refractivity contribution in [1.29, 1.82) is 0 Å². The van der Waals surface area contributed by atoms with E-state index >= 15 is 0 Å². The molecule has 0 saturated carbocycles. The Balaban J connectivity index is 0.000000200. The van der Waals surface area contributed by atoms with Crippen LogP contribution in [0.3, 0.4) is 0 Å². The molecule has 0 spiro atoms. The third-order valence-electron chi connectivity index (χ3n) is 7.88. The van der Waals surface area contributed by atoms with Crippen molar-refractivity contribution >= 4 is 48.2 Å². The zero-order valence-corrected chi connectivity index (χ0v) is 27.2.